The van der Waals surface area contributed by atoms with Crippen LogP contribution in [0.5, 0.6) is 0 Å². The first kappa shape index (κ1) is 19.1. The van der Waals surface area contributed by atoms with Crippen molar-refractivity contribution in [3.05, 3.63) is 0 Å². The Labute approximate surface area is 105 Å². The molecule has 0 fully saturated rings. The van der Waals surface area contributed by atoms with Crippen LogP contribution in [0.4, 0.5) is 0 Å². The minimum absolute atomic E-state index is 0.106. The number of carbonyl (C=O) groups is 2. The number of carboxylic acid groups (broad SMARTS) is 2. The van der Waals surface area contributed by atoms with Crippen LogP contribution >= 0.6 is 0 Å². The van der Waals surface area contributed by atoms with Crippen molar-refractivity contribution in [2.75, 3.05) is 39.5 Å². The Hall–Kier alpha value is -1.22. The summed E-state index contributed by atoms with van der Waals surface area (Å²) in [6.07, 6.45) is -0.766. The zero-order chi connectivity index (χ0) is 14.4. The summed E-state index contributed by atoms with van der Waals surface area (Å²) in [5.41, 5.74) is 0. The van der Waals surface area contributed by atoms with Crippen LogP contribution in [0.1, 0.15) is 12.8 Å². The minimum atomic E-state index is -1.33. The number of hydrogen-bond acceptors (Lipinski definition) is 6. The molecule has 0 aliphatic heterocycles. The Bertz CT molecular complexity index is 194. The van der Waals surface area contributed by atoms with Gasteiger partial charge in [-0.05, 0) is 6.42 Å². The molecule has 0 amide bonds. The number of aliphatic carboxylic acids is 2. The standard InChI is InChI=1S/C6H15NO3.C4H6O4/c8-4-1-7(2-5-9)3-6-10;5-3(6)1-2-4(7)8/h8-10H,1-6H2;1-2H2,(H,5,6)(H,7,8). The van der Waals surface area contributed by atoms with Gasteiger partial charge in [0.2, 0.25) is 0 Å². The second-order valence-corrected chi connectivity index (χ2v) is 3.44. The number of aliphatic hydroxyl groups excluding tert-OH is 3. The molecule has 0 saturated carbocycles. The molecule has 0 aliphatic carbocycles. The largest absolute Gasteiger partial charge is 0.550 e. The van der Waals surface area contributed by atoms with E-state index in [-0.39, 0.29) is 26.2 Å². The number of rotatable bonds is 9. The zero-order valence-electron chi connectivity index (χ0n) is 10.2. The van der Waals surface area contributed by atoms with Gasteiger partial charge >= 0.3 is 5.97 Å². The highest BCUT2D eigenvalue weighted by molar-refractivity contribution is 5.74. The van der Waals surface area contributed by atoms with Crippen LogP contribution in [-0.2, 0) is 9.59 Å². The first-order valence-electron chi connectivity index (χ1n) is 5.55. The second kappa shape index (κ2) is 13.8. The first-order valence-corrected chi connectivity index (χ1v) is 5.55. The van der Waals surface area contributed by atoms with Crippen molar-refractivity contribution in [3.63, 3.8) is 0 Å². The van der Waals surface area contributed by atoms with Gasteiger partial charge in [0.05, 0.1) is 26.2 Å². The molecule has 0 aromatic rings. The minimum Gasteiger partial charge on any atom is -0.550 e. The lowest BCUT2D eigenvalue weighted by Crippen LogP contribution is -3.13. The van der Waals surface area contributed by atoms with Crippen LogP contribution in [0.2, 0.25) is 0 Å². The predicted octanol–water partition coefficient (Wildman–Crippen LogP) is -4.55. The molecule has 8 nitrogen and oxygen atoms in total. The molecule has 0 atom stereocenters. The quantitative estimate of drug-likeness (QED) is 0.283. The third kappa shape index (κ3) is 17.2. The smallest absolute Gasteiger partial charge is 0.303 e. The first-order chi connectivity index (χ1) is 8.47. The number of nitrogens with one attached hydrogen (secondary N) is 1. The molecule has 8 heteroatoms. The van der Waals surface area contributed by atoms with E-state index >= 15 is 0 Å². The lowest BCUT2D eigenvalue weighted by molar-refractivity contribution is -0.901. The van der Waals surface area contributed by atoms with Crippen molar-refractivity contribution in [2.45, 2.75) is 12.8 Å². The molecule has 0 saturated heterocycles. The van der Waals surface area contributed by atoms with E-state index < -0.39 is 18.4 Å². The summed E-state index contributed by atoms with van der Waals surface area (Å²) in [7, 11) is 0. The van der Waals surface area contributed by atoms with Gasteiger partial charge in [0, 0.05) is 5.97 Å². The third-order valence-electron chi connectivity index (χ3n) is 1.94. The van der Waals surface area contributed by atoms with Gasteiger partial charge in [-0.1, -0.05) is 0 Å². The maximum Gasteiger partial charge on any atom is 0.303 e. The Balaban J connectivity index is 0. The van der Waals surface area contributed by atoms with E-state index in [1.807, 2.05) is 0 Å². The van der Waals surface area contributed by atoms with E-state index in [4.69, 9.17) is 20.4 Å². The number of carboxylic acids is 2. The van der Waals surface area contributed by atoms with Crippen molar-refractivity contribution >= 4 is 11.9 Å². The van der Waals surface area contributed by atoms with Crippen LogP contribution in [0.15, 0.2) is 0 Å². The molecule has 108 valence electrons. The number of aliphatic hydroxyl groups is 3. The Kier molecular flexibility index (Phi) is 14.7. The van der Waals surface area contributed by atoms with Gasteiger partial charge in [-0.3, -0.25) is 4.79 Å². The molecule has 0 aliphatic rings. The normalized spacial score (nSPS) is 9.78. The van der Waals surface area contributed by atoms with Crippen molar-refractivity contribution in [1.82, 2.24) is 0 Å². The highest BCUT2D eigenvalue weighted by Crippen LogP contribution is 1.83. The van der Waals surface area contributed by atoms with Crippen LogP contribution in [0.3, 0.4) is 0 Å². The number of carbonyl (C=O) groups excluding carboxylic acids is 1. The molecule has 0 radical (unpaired) electrons. The summed E-state index contributed by atoms with van der Waals surface area (Å²) < 4.78 is 0. The van der Waals surface area contributed by atoms with E-state index in [9.17, 15) is 14.7 Å². The van der Waals surface area contributed by atoms with Crippen LogP contribution in [0, 0.1) is 0 Å². The van der Waals surface area contributed by atoms with Gasteiger partial charge in [-0.15, -0.1) is 0 Å². The van der Waals surface area contributed by atoms with Gasteiger partial charge in [0.1, 0.15) is 19.6 Å². The average molecular weight is 267 g/mol. The predicted molar refractivity (Wildman–Crippen MR) is 58.7 cm³/mol. The highest BCUT2D eigenvalue weighted by atomic mass is 16.4. The monoisotopic (exact) mass is 267 g/mol. The van der Waals surface area contributed by atoms with E-state index in [0.717, 1.165) is 4.90 Å². The van der Waals surface area contributed by atoms with Crippen molar-refractivity contribution < 1.29 is 40.0 Å². The SMILES string of the molecule is O=C([O-])CCC(=O)O.OCC[NH+](CCO)CCO. The van der Waals surface area contributed by atoms with E-state index in [0.29, 0.717) is 19.6 Å². The summed E-state index contributed by atoms with van der Waals surface area (Å²) in [5.74, 6) is -2.44. The van der Waals surface area contributed by atoms with Crippen LogP contribution in [-0.4, -0.2) is 71.8 Å². The van der Waals surface area contributed by atoms with Gasteiger partial charge in [0.15, 0.2) is 0 Å². The molecule has 5 N–H and O–H groups in total. The van der Waals surface area contributed by atoms with Gasteiger partial charge in [0.25, 0.3) is 0 Å². The second-order valence-electron chi connectivity index (χ2n) is 3.44. The van der Waals surface area contributed by atoms with Crippen LogP contribution in [0.25, 0.3) is 0 Å². The number of quaternary nitrogens is 1. The molecular weight excluding hydrogens is 246 g/mol. The maximum atomic E-state index is 9.61. The van der Waals surface area contributed by atoms with Crippen LogP contribution < -0.4 is 10.0 Å². The summed E-state index contributed by atoms with van der Waals surface area (Å²) in [6.45, 7) is 2.11. The van der Waals surface area contributed by atoms with Crippen molar-refractivity contribution in [2.24, 2.45) is 0 Å². The lowest BCUT2D eigenvalue weighted by atomic mass is 10.3. The fourth-order valence-corrected chi connectivity index (χ4v) is 1.06. The third-order valence-corrected chi connectivity index (χ3v) is 1.94. The summed E-state index contributed by atoms with van der Waals surface area (Å²) in [5, 5.41) is 42.9. The van der Waals surface area contributed by atoms with E-state index in [1.165, 1.54) is 0 Å². The van der Waals surface area contributed by atoms with E-state index in [1.54, 1.807) is 0 Å². The molecule has 0 rings (SSSR count). The van der Waals surface area contributed by atoms with Gasteiger partial charge in [-0.2, -0.15) is 0 Å². The molecule has 18 heavy (non-hydrogen) atoms. The lowest BCUT2D eigenvalue weighted by Gasteiger charge is -2.15. The molecule has 0 aromatic heterocycles. The van der Waals surface area contributed by atoms with Crippen molar-refractivity contribution in [1.29, 1.82) is 0 Å². The number of hydrogen-bond donors (Lipinski definition) is 5. The van der Waals surface area contributed by atoms with Gasteiger partial charge < -0.3 is 35.2 Å². The molecular formula is C10H21NO7. The molecule has 0 heterocycles. The fourth-order valence-electron chi connectivity index (χ4n) is 1.06. The Morgan fingerprint density at radius 1 is 0.889 bits per heavy atom. The molecule has 0 unspecified atom stereocenters. The summed E-state index contributed by atoms with van der Waals surface area (Å²) >= 11 is 0. The maximum absolute atomic E-state index is 9.61. The summed E-state index contributed by atoms with van der Waals surface area (Å²) in [6, 6.07) is 0. The summed E-state index contributed by atoms with van der Waals surface area (Å²) in [4.78, 5) is 20.2. The Morgan fingerprint density at radius 3 is 1.44 bits per heavy atom. The zero-order valence-corrected chi connectivity index (χ0v) is 10.2. The van der Waals surface area contributed by atoms with Crippen molar-refractivity contribution in [3.8, 4) is 0 Å². The molecule has 0 aromatic carbocycles. The van der Waals surface area contributed by atoms with Gasteiger partial charge in [-0.25, -0.2) is 0 Å². The molecule has 0 bridgehead atoms. The topological polar surface area (TPSA) is 143 Å². The molecule has 0 spiro atoms. The van der Waals surface area contributed by atoms with E-state index in [2.05, 4.69) is 0 Å². The Morgan fingerprint density at radius 2 is 1.28 bits per heavy atom. The fraction of sp³-hybridized carbons (Fsp3) is 0.800. The average Bonchev–Trinajstić information content (AvgIpc) is 2.28. The highest BCUT2D eigenvalue weighted by Gasteiger charge is 2.03.